The number of aromatic nitrogens is 1. The van der Waals surface area contributed by atoms with Crippen molar-refractivity contribution in [2.24, 2.45) is 0 Å². The zero-order valence-electron chi connectivity index (χ0n) is 10.6. The van der Waals surface area contributed by atoms with Crippen LogP contribution < -0.4 is 4.90 Å². The largest absolute Gasteiger partial charge is 0.467 e. The zero-order valence-corrected chi connectivity index (χ0v) is 10.6. The number of piperidine rings is 1. The van der Waals surface area contributed by atoms with Crippen LogP contribution >= 0.6 is 0 Å². The van der Waals surface area contributed by atoms with E-state index in [1.807, 2.05) is 4.90 Å². The highest BCUT2D eigenvalue weighted by molar-refractivity contribution is 5.79. The normalized spacial score (nSPS) is 19.0. The monoisotopic (exact) mass is 265 g/mol. The minimum atomic E-state index is -0.495. The molecule has 1 saturated heterocycles. The quantitative estimate of drug-likeness (QED) is 0.468. The van der Waals surface area contributed by atoms with E-state index in [2.05, 4.69) is 4.98 Å². The molecule has 1 aliphatic rings. The van der Waals surface area contributed by atoms with Crippen LogP contribution in [0.25, 0.3) is 0 Å². The second-order valence-corrected chi connectivity index (χ2v) is 4.36. The van der Waals surface area contributed by atoms with Gasteiger partial charge in [0.05, 0.1) is 12.0 Å². The Hall–Kier alpha value is -2.18. The van der Waals surface area contributed by atoms with Crippen LogP contribution in [-0.4, -0.2) is 35.6 Å². The lowest BCUT2D eigenvalue weighted by Gasteiger charge is -2.34. The first-order valence-electron chi connectivity index (χ1n) is 6.08. The van der Waals surface area contributed by atoms with Gasteiger partial charge in [0.15, 0.2) is 0 Å². The van der Waals surface area contributed by atoms with Gasteiger partial charge in [-0.1, -0.05) is 0 Å². The molecule has 0 N–H and O–H groups in total. The fourth-order valence-corrected chi connectivity index (χ4v) is 2.24. The summed E-state index contributed by atoms with van der Waals surface area (Å²) < 4.78 is 4.79. The lowest BCUT2D eigenvalue weighted by molar-refractivity contribution is -0.385. The molecule has 1 aliphatic heterocycles. The number of nitrogens with zero attached hydrogens (tertiary/aromatic N) is 3. The Labute approximate surface area is 110 Å². The first kappa shape index (κ1) is 13.3. The molecule has 0 spiro atoms. The molecule has 1 fully saturated rings. The highest BCUT2D eigenvalue weighted by atomic mass is 16.6. The Morgan fingerprint density at radius 3 is 2.89 bits per heavy atom. The number of anilines is 1. The van der Waals surface area contributed by atoms with E-state index in [0.29, 0.717) is 18.8 Å². The maximum Gasteiger partial charge on any atom is 0.328 e. The number of pyridine rings is 1. The predicted molar refractivity (Wildman–Crippen MR) is 67.9 cm³/mol. The van der Waals surface area contributed by atoms with Gasteiger partial charge < -0.3 is 9.64 Å². The van der Waals surface area contributed by atoms with E-state index in [0.717, 1.165) is 12.8 Å². The minimum absolute atomic E-state index is 0.0598. The molecule has 0 bridgehead atoms. The average Bonchev–Trinajstić information content (AvgIpc) is 2.46. The van der Waals surface area contributed by atoms with Crippen LogP contribution in [0.15, 0.2) is 18.3 Å². The molecule has 0 aromatic carbocycles. The Morgan fingerprint density at radius 1 is 1.53 bits per heavy atom. The second-order valence-electron chi connectivity index (χ2n) is 4.36. The van der Waals surface area contributed by atoms with Crippen LogP contribution in [0.2, 0.25) is 0 Å². The van der Waals surface area contributed by atoms with Crippen LogP contribution in [0.5, 0.6) is 0 Å². The highest BCUT2D eigenvalue weighted by Crippen LogP contribution is 2.25. The van der Waals surface area contributed by atoms with Crippen molar-refractivity contribution in [3.05, 3.63) is 28.4 Å². The van der Waals surface area contributed by atoms with E-state index in [-0.39, 0.29) is 17.7 Å². The molecule has 7 heteroatoms. The third kappa shape index (κ3) is 2.81. The summed E-state index contributed by atoms with van der Waals surface area (Å²) >= 11 is 0. The summed E-state index contributed by atoms with van der Waals surface area (Å²) in [5.41, 5.74) is -0.0598. The van der Waals surface area contributed by atoms with Gasteiger partial charge in [0, 0.05) is 12.6 Å². The molecule has 1 unspecified atom stereocenters. The molecule has 102 valence electrons. The van der Waals surface area contributed by atoms with Crippen LogP contribution in [-0.2, 0) is 9.53 Å². The second kappa shape index (κ2) is 5.64. The first-order valence-corrected chi connectivity index (χ1v) is 6.08. The molecule has 1 atom stereocenters. The van der Waals surface area contributed by atoms with Crippen molar-refractivity contribution in [3.63, 3.8) is 0 Å². The number of ether oxygens (including phenoxy) is 1. The standard InChI is InChI=1S/C12H15N3O4/c1-19-12(16)10-4-2-3-7-14(10)11-6-5-9(8-13-11)15(17)18/h5-6,8,10H,2-4,7H2,1H3. The van der Waals surface area contributed by atoms with E-state index in [4.69, 9.17) is 4.74 Å². The van der Waals surface area contributed by atoms with E-state index in [1.54, 1.807) is 6.07 Å². The Kier molecular flexibility index (Phi) is 3.94. The van der Waals surface area contributed by atoms with Gasteiger partial charge in [0.1, 0.15) is 18.1 Å². The van der Waals surface area contributed by atoms with Gasteiger partial charge in [-0.25, -0.2) is 9.78 Å². The van der Waals surface area contributed by atoms with Crippen molar-refractivity contribution >= 4 is 17.5 Å². The number of carbonyl (C=O) groups excluding carboxylic acids is 1. The van der Waals surface area contributed by atoms with Crippen LogP contribution in [0, 0.1) is 10.1 Å². The summed E-state index contributed by atoms with van der Waals surface area (Å²) in [5, 5.41) is 10.6. The molecular weight excluding hydrogens is 250 g/mol. The number of carbonyl (C=O) groups is 1. The fraction of sp³-hybridized carbons (Fsp3) is 0.500. The molecule has 1 aromatic rings. The van der Waals surface area contributed by atoms with Gasteiger partial charge in [0.25, 0.3) is 5.69 Å². The molecule has 7 nitrogen and oxygen atoms in total. The van der Waals surface area contributed by atoms with Gasteiger partial charge in [-0.15, -0.1) is 0 Å². The summed E-state index contributed by atoms with van der Waals surface area (Å²) in [7, 11) is 1.36. The van der Waals surface area contributed by atoms with Crippen molar-refractivity contribution in [1.82, 2.24) is 4.98 Å². The summed E-state index contributed by atoms with van der Waals surface area (Å²) in [6.45, 7) is 0.699. The van der Waals surface area contributed by atoms with E-state index < -0.39 is 4.92 Å². The van der Waals surface area contributed by atoms with Crippen LogP contribution in [0.4, 0.5) is 11.5 Å². The van der Waals surface area contributed by atoms with Gasteiger partial charge in [-0.2, -0.15) is 0 Å². The van der Waals surface area contributed by atoms with E-state index in [9.17, 15) is 14.9 Å². The Morgan fingerprint density at radius 2 is 2.32 bits per heavy atom. The maximum absolute atomic E-state index is 11.7. The predicted octanol–water partition coefficient (Wildman–Crippen LogP) is 1.52. The molecule has 0 saturated carbocycles. The fourth-order valence-electron chi connectivity index (χ4n) is 2.24. The van der Waals surface area contributed by atoms with Gasteiger partial charge in [0.2, 0.25) is 0 Å². The van der Waals surface area contributed by atoms with Crippen molar-refractivity contribution < 1.29 is 14.5 Å². The summed E-state index contributed by atoms with van der Waals surface area (Å²) in [5.74, 6) is 0.278. The lowest BCUT2D eigenvalue weighted by atomic mass is 10.0. The molecule has 1 aromatic heterocycles. The molecule has 2 rings (SSSR count). The van der Waals surface area contributed by atoms with Gasteiger partial charge in [-0.05, 0) is 25.3 Å². The van der Waals surface area contributed by atoms with Crippen molar-refractivity contribution in [2.45, 2.75) is 25.3 Å². The highest BCUT2D eigenvalue weighted by Gasteiger charge is 2.30. The van der Waals surface area contributed by atoms with Crippen LogP contribution in [0.1, 0.15) is 19.3 Å². The number of nitro groups is 1. The van der Waals surface area contributed by atoms with Crippen molar-refractivity contribution in [1.29, 1.82) is 0 Å². The molecular formula is C12H15N3O4. The first-order chi connectivity index (χ1) is 9.13. The number of esters is 1. The summed E-state index contributed by atoms with van der Waals surface area (Å²) in [6.07, 6.45) is 3.85. The SMILES string of the molecule is COC(=O)C1CCCCN1c1ccc([N+](=O)[O-])cn1. The number of rotatable bonds is 3. The topological polar surface area (TPSA) is 85.6 Å². The smallest absolute Gasteiger partial charge is 0.328 e. The number of methoxy groups -OCH3 is 1. The molecule has 0 amide bonds. The minimum Gasteiger partial charge on any atom is -0.467 e. The third-order valence-electron chi connectivity index (χ3n) is 3.21. The third-order valence-corrected chi connectivity index (χ3v) is 3.21. The molecule has 2 heterocycles. The Bertz CT molecular complexity index is 474. The maximum atomic E-state index is 11.7. The number of hydrogen-bond acceptors (Lipinski definition) is 6. The summed E-state index contributed by atoms with van der Waals surface area (Å²) in [4.78, 5) is 27.7. The molecule has 0 aliphatic carbocycles. The van der Waals surface area contributed by atoms with Crippen molar-refractivity contribution in [3.8, 4) is 0 Å². The number of hydrogen-bond donors (Lipinski definition) is 0. The molecule has 0 radical (unpaired) electrons. The zero-order chi connectivity index (χ0) is 13.8. The van der Waals surface area contributed by atoms with Crippen molar-refractivity contribution in [2.75, 3.05) is 18.6 Å². The lowest BCUT2D eigenvalue weighted by Crippen LogP contribution is -2.45. The Balaban J connectivity index is 2.22. The van der Waals surface area contributed by atoms with Gasteiger partial charge >= 0.3 is 5.97 Å². The van der Waals surface area contributed by atoms with Gasteiger partial charge in [-0.3, -0.25) is 10.1 Å². The van der Waals surface area contributed by atoms with E-state index in [1.165, 1.54) is 19.4 Å². The average molecular weight is 265 g/mol. The van der Waals surface area contributed by atoms with Crippen LogP contribution in [0.3, 0.4) is 0 Å². The molecule has 19 heavy (non-hydrogen) atoms. The van der Waals surface area contributed by atoms with E-state index >= 15 is 0 Å². The summed E-state index contributed by atoms with van der Waals surface area (Å²) in [6, 6.07) is 2.61.